The Morgan fingerprint density at radius 3 is 2.15 bits per heavy atom. The lowest BCUT2D eigenvalue weighted by molar-refractivity contribution is -0.145. The maximum absolute atomic E-state index is 12.3. The molecule has 1 atom stereocenters. The van der Waals surface area contributed by atoms with Crippen LogP contribution in [0.25, 0.3) is 11.1 Å². The summed E-state index contributed by atoms with van der Waals surface area (Å²) in [5.74, 6) is -4.24. The van der Waals surface area contributed by atoms with Gasteiger partial charge in [-0.1, -0.05) is 12.1 Å². The van der Waals surface area contributed by atoms with Crippen molar-refractivity contribution in [1.29, 1.82) is 0 Å². The van der Waals surface area contributed by atoms with E-state index in [1.54, 1.807) is 0 Å². The lowest BCUT2D eigenvalue weighted by Crippen LogP contribution is -2.42. The summed E-state index contributed by atoms with van der Waals surface area (Å²) in [5.41, 5.74) is 0.898. The van der Waals surface area contributed by atoms with Crippen LogP contribution in [0, 0.1) is 0 Å². The molecule has 2 aromatic rings. The SMILES string of the molecule is O=C(O)CC(NS(=O)(=O)c1ccc(-c2cncc(C(=O)O)c2)cc1)C(=O)O. The molecule has 1 aromatic heterocycles. The first-order valence-corrected chi connectivity index (χ1v) is 8.84. The third-order valence-electron chi connectivity index (χ3n) is 3.46. The number of pyridine rings is 1. The average molecular weight is 394 g/mol. The van der Waals surface area contributed by atoms with Crippen LogP contribution in [0.1, 0.15) is 16.8 Å². The van der Waals surface area contributed by atoms with Crippen LogP contribution in [0.5, 0.6) is 0 Å². The highest BCUT2D eigenvalue weighted by Crippen LogP contribution is 2.22. The van der Waals surface area contributed by atoms with E-state index in [9.17, 15) is 22.8 Å². The van der Waals surface area contributed by atoms with Crippen molar-refractivity contribution >= 4 is 27.9 Å². The number of rotatable bonds is 8. The summed E-state index contributed by atoms with van der Waals surface area (Å²) in [6.45, 7) is 0. The molecule has 0 fully saturated rings. The number of hydrogen-bond acceptors (Lipinski definition) is 6. The van der Waals surface area contributed by atoms with Crippen molar-refractivity contribution in [3.63, 3.8) is 0 Å². The first-order valence-electron chi connectivity index (χ1n) is 7.36. The van der Waals surface area contributed by atoms with Crippen LogP contribution in [0.2, 0.25) is 0 Å². The van der Waals surface area contributed by atoms with Crippen molar-refractivity contribution in [1.82, 2.24) is 9.71 Å². The van der Waals surface area contributed by atoms with Gasteiger partial charge in [0.05, 0.1) is 16.9 Å². The van der Waals surface area contributed by atoms with Crippen molar-refractivity contribution < 1.29 is 38.1 Å². The molecule has 142 valence electrons. The number of carboxylic acid groups (broad SMARTS) is 3. The number of aliphatic carboxylic acids is 2. The predicted octanol–water partition coefficient (Wildman–Crippen LogP) is 0.653. The van der Waals surface area contributed by atoms with Crippen molar-refractivity contribution in [3.8, 4) is 11.1 Å². The highest BCUT2D eigenvalue weighted by Gasteiger charge is 2.27. The first kappa shape index (κ1) is 20.0. The van der Waals surface area contributed by atoms with Gasteiger partial charge in [0.25, 0.3) is 0 Å². The molecule has 27 heavy (non-hydrogen) atoms. The minimum Gasteiger partial charge on any atom is -0.481 e. The van der Waals surface area contributed by atoms with Gasteiger partial charge in [0.1, 0.15) is 6.04 Å². The van der Waals surface area contributed by atoms with E-state index in [1.165, 1.54) is 42.7 Å². The highest BCUT2D eigenvalue weighted by atomic mass is 32.2. The van der Waals surface area contributed by atoms with Gasteiger partial charge in [-0.25, -0.2) is 13.2 Å². The van der Waals surface area contributed by atoms with Crippen LogP contribution >= 0.6 is 0 Å². The molecule has 10 nitrogen and oxygen atoms in total. The van der Waals surface area contributed by atoms with Gasteiger partial charge in [-0.2, -0.15) is 4.72 Å². The van der Waals surface area contributed by atoms with Gasteiger partial charge in [0.15, 0.2) is 0 Å². The predicted molar refractivity (Wildman–Crippen MR) is 90.6 cm³/mol. The number of aromatic carboxylic acids is 1. The quantitative estimate of drug-likeness (QED) is 0.502. The minimum atomic E-state index is -4.27. The molecule has 0 saturated heterocycles. The van der Waals surface area contributed by atoms with E-state index in [0.29, 0.717) is 11.1 Å². The third-order valence-corrected chi connectivity index (χ3v) is 4.94. The molecular formula is C16H14N2O8S. The average Bonchev–Trinajstić information content (AvgIpc) is 2.60. The summed E-state index contributed by atoms with van der Waals surface area (Å²) in [5, 5.41) is 26.6. The number of benzene rings is 1. The van der Waals surface area contributed by atoms with E-state index in [2.05, 4.69) is 4.98 Å². The first-order chi connectivity index (χ1) is 12.6. The Morgan fingerprint density at radius 1 is 1.00 bits per heavy atom. The second kappa shape index (κ2) is 7.93. The zero-order valence-corrected chi connectivity index (χ0v) is 14.4. The number of aromatic nitrogens is 1. The van der Waals surface area contributed by atoms with Crippen LogP contribution < -0.4 is 4.72 Å². The molecule has 4 N–H and O–H groups in total. The maximum Gasteiger partial charge on any atom is 0.337 e. The van der Waals surface area contributed by atoms with Gasteiger partial charge in [0.2, 0.25) is 10.0 Å². The van der Waals surface area contributed by atoms with Crippen LogP contribution in [0.4, 0.5) is 0 Å². The van der Waals surface area contributed by atoms with E-state index in [1.807, 2.05) is 4.72 Å². The Labute approximate surface area is 153 Å². The van der Waals surface area contributed by atoms with Crippen LogP contribution in [0.15, 0.2) is 47.6 Å². The summed E-state index contributed by atoms with van der Waals surface area (Å²) >= 11 is 0. The van der Waals surface area contributed by atoms with E-state index in [0.717, 1.165) is 0 Å². The minimum absolute atomic E-state index is 0.0381. The fraction of sp³-hybridized carbons (Fsp3) is 0.125. The van der Waals surface area contributed by atoms with Crippen molar-refractivity contribution in [3.05, 3.63) is 48.3 Å². The molecule has 11 heteroatoms. The number of carbonyl (C=O) groups is 3. The zero-order valence-electron chi connectivity index (χ0n) is 13.6. The normalized spacial score (nSPS) is 12.3. The standard InChI is InChI=1S/C16H14N2O8S/c19-14(20)6-13(16(23)24)18-27(25,26)12-3-1-9(2-4-12)10-5-11(15(21)22)8-17-7-10/h1-5,7-8,13,18H,6H2,(H,19,20)(H,21,22)(H,23,24). The third kappa shape index (κ3) is 5.09. The number of carboxylic acids is 3. The number of nitrogens with zero attached hydrogens (tertiary/aromatic N) is 1. The lowest BCUT2D eigenvalue weighted by Gasteiger charge is -2.13. The summed E-state index contributed by atoms with van der Waals surface area (Å²) in [6, 6.07) is 4.71. The monoisotopic (exact) mass is 394 g/mol. The van der Waals surface area contributed by atoms with Gasteiger partial charge in [0, 0.05) is 18.0 Å². The largest absolute Gasteiger partial charge is 0.481 e. The summed E-state index contributed by atoms with van der Waals surface area (Å²) < 4.78 is 26.4. The molecule has 0 bridgehead atoms. The van der Waals surface area contributed by atoms with E-state index in [4.69, 9.17) is 15.3 Å². The Hall–Kier alpha value is -3.31. The molecular weight excluding hydrogens is 380 g/mol. The lowest BCUT2D eigenvalue weighted by atomic mass is 10.1. The van der Waals surface area contributed by atoms with Crippen molar-refractivity contribution in [2.24, 2.45) is 0 Å². The Balaban J connectivity index is 2.27. The maximum atomic E-state index is 12.3. The van der Waals surface area contributed by atoms with Gasteiger partial charge in [-0.15, -0.1) is 0 Å². The number of hydrogen-bond donors (Lipinski definition) is 4. The smallest absolute Gasteiger partial charge is 0.337 e. The van der Waals surface area contributed by atoms with Gasteiger partial charge in [-0.3, -0.25) is 14.6 Å². The fourth-order valence-electron chi connectivity index (χ4n) is 2.15. The fourth-order valence-corrected chi connectivity index (χ4v) is 3.34. The number of sulfonamides is 1. The molecule has 2 rings (SSSR count). The second-order valence-electron chi connectivity index (χ2n) is 5.40. The summed E-state index contributed by atoms with van der Waals surface area (Å²) in [7, 11) is -4.27. The van der Waals surface area contributed by atoms with Gasteiger partial charge in [-0.05, 0) is 23.8 Å². The Kier molecular flexibility index (Phi) is 5.88. The van der Waals surface area contributed by atoms with E-state index < -0.39 is 40.4 Å². The van der Waals surface area contributed by atoms with E-state index in [-0.39, 0.29) is 10.5 Å². The molecule has 0 saturated carbocycles. The zero-order chi connectivity index (χ0) is 20.2. The van der Waals surface area contributed by atoms with Crippen LogP contribution in [-0.4, -0.2) is 52.7 Å². The highest BCUT2D eigenvalue weighted by molar-refractivity contribution is 7.89. The molecule has 0 radical (unpaired) electrons. The summed E-state index contributed by atoms with van der Waals surface area (Å²) in [4.78, 5) is 36.2. The second-order valence-corrected chi connectivity index (χ2v) is 7.12. The molecule has 0 aliphatic heterocycles. The van der Waals surface area contributed by atoms with Crippen LogP contribution in [-0.2, 0) is 19.6 Å². The molecule has 0 aliphatic rings. The molecule has 1 aromatic carbocycles. The van der Waals surface area contributed by atoms with Crippen molar-refractivity contribution in [2.45, 2.75) is 17.4 Å². The van der Waals surface area contributed by atoms with Crippen molar-refractivity contribution in [2.75, 3.05) is 0 Å². The topological polar surface area (TPSA) is 171 Å². The molecule has 0 spiro atoms. The molecule has 1 heterocycles. The molecule has 0 amide bonds. The Bertz CT molecular complexity index is 986. The van der Waals surface area contributed by atoms with Gasteiger partial charge < -0.3 is 15.3 Å². The molecule has 0 aliphatic carbocycles. The molecule has 1 unspecified atom stereocenters. The summed E-state index contributed by atoms with van der Waals surface area (Å²) in [6.07, 6.45) is 1.66. The van der Waals surface area contributed by atoms with E-state index >= 15 is 0 Å². The van der Waals surface area contributed by atoms with Crippen LogP contribution in [0.3, 0.4) is 0 Å². The number of nitrogens with one attached hydrogen (secondary N) is 1. The van der Waals surface area contributed by atoms with Gasteiger partial charge >= 0.3 is 17.9 Å². The Morgan fingerprint density at radius 2 is 1.63 bits per heavy atom.